The van der Waals surface area contributed by atoms with Crippen molar-refractivity contribution in [2.45, 2.75) is 70.4 Å². The van der Waals surface area contributed by atoms with E-state index in [1.807, 2.05) is 4.57 Å². The number of aryl methyl sites for hydroxylation is 1. The largest absolute Gasteiger partial charge is 0.463 e. The lowest BCUT2D eigenvalue weighted by molar-refractivity contribution is -0.127. The molecule has 0 bridgehead atoms. The molecular formula is C20H30BrF2N7O2. The highest BCUT2D eigenvalue weighted by molar-refractivity contribution is 9.10. The Morgan fingerprint density at radius 1 is 1.22 bits per heavy atom. The molecule has 32 heavy (non-hydrogen) atoms. The molecule has 1 fully saturated rings. The van der Waals surface area contributed by atoms with Gasteiger partial charge in [-0.15, -0.1) is 0 Å². The maximum absolute atomic E-state index is 13.8. The van der Waals surface area contributed by atoms with Crippen LogP contribution in [0, 0.1) is 5.92 Å². The van der Waals surface area contributed by atoms with Crippen LogP contribution in [0.4, 0.5) is 14.6 Å². The fourth-order valence-corrected chi connectivity index (χ4v) is 4.21. The van der Waals surface area contributed by atoms with E-state index in [1.54, 1.807) is 0 Å². The number of fused-ring (bicyclic) bond motifs is 1. The van der Waals surface area contributed by atoms with E-state index in [4.69, 9.17) is 16.2 Å². The van der Waals surface area contributed by atoms with E-state index in [0.717, 1.165) is 12.8 Å². The van der Waals surface area contributed by atoms with Crippen LogP contribution in [-0.4, -0.2) is 57.0 Å². The molecular weight excluding hydrogens is 488 g/mol. The zero-order valence-electron chi connectivity index (χ0n) is 18.1. The number of ether oxygens (including phenoxy) is 1. The van der Waals surface area contributed by atoms with Crippen LogP contribution in [0.3, 0.4) is 0 Å². The number of anilines is 1. The third kappa shape index (κ3) is 5.83. The number of carbonyl (C=O) groups is 1. The predicted molar refractivity (Wildman–Crippen MR) is 121 cm³/mol. The van der Waals surface area contributed by atoms with Gasteiger partial charge in [0.25, 0.3) is 0 Å². The van der Waals surface area contributed by atoms with Crippen molar-refractivity contribution < 1.29 is 18.3 Å². The topological polar surface area (TPSA) is 134 Å². The lowest BCUT2D eigenvalue weighted by Gasteiger charge is -2.31. The molecule has 1 amide bonds. The van der Waals surface area contributed by atoms with E-state index in [2.05, 4.69) is 43.1 Å². The van der Waals surface area contributed by atoms with E-state index in [1.165, 1.54) is 0 Å². The van der Waals surface area contributed by atoms with Crippen LogP contribution in [0.25, 0.3) is 11.2 Å². The molecule has 2 unspecified atom stereocenters. The molecule has 2 aromatic rings. The number of aromatic nitrogens is 4. The number of nitrogens with zero attached hydrogens (tertiary/aromatic N) is 4. The summed E-state index contributed by atoms with van der Waals surface area (Å²) in [4.78, 5) is 25.2. The highest BCUT2D eigenvalue weighted by Crippen LogP contribution is 2.28. The second-order valence-corrected chi connectivity index (χ2v) is 8.78. The number of hydrogen-bond donors (Lipinski definition) is 3. The average Bonchev–Trinajstić information content (AvgIpc) is 3.07. The van der Waals surface area contributed by atoms with Gasteiger partial charge in [-0.3, -0.25) is 4.79 Å². The van der Waals surface area contributed by atoms with Gasteiger partial charge in [0.05, 0.1) is 12.6 Å². The minimum atomic E-state index is -1.49. The summed E-state index contributed by atoms with van der Waals surface area (Å²) >= 11 is 3.43. The minimum Gasteiger partial charge on any atom is -0.463 e. The zero-order chi connectivity index (χ0) is 23.3. The first-order chi connectivity index (χ1) is 15.3. The molecule has 0 saturated heterocycles. The lowest BCUT2D eigenvalue weighted by Crippen LogP contribution is -2.49. The predicted octanol–water partition coefficient (Wildman–Crippen LogP) is 2.66. The maximum Gasteiger partial charge on any atom is 0.320 e. The Hall–Kier alpha value is -2.08. The van der Waals surface area contributed by atoms with Crippen LogP contribution < -0.4 is 21.5 Å². The van der Waals surface area contributed by atoms with Crippen molar-refractivity contribution in [3.05, 3.63) is 4.73 Å². The van der Waals surface area contributed by atoms with E-state index >= 15 is 0 Å². The second-order valence-electron chi connectivity index (χ2n) is 8.07. The Kier molecular flexibility index (Phi) is 8.57. The molecule has 12 heteroatoms. The van der Waals surface area contributed by atoms with Gasteiger partial charge in [0.2, 0.25) is 5.91 Å². The van der Waals surface area contributed by atoms with Crippen molar-refractivity contribution >= 4 is 38.8 Å². The molecule has 0 aliphatic heterocycles. The minimum absolute atomic E-state index is 0.0365. The number of nitrogen functional groups attached to an aromatic ring is 1. The highest BCUT2D eigenvalue weighted by atomic mass is 79.9. The lowest BCUT2D eigenvalue weighted by atomic mass is 9.83. The van der Waals surface area contributed by atoms with Crippen molar-refractivity contribution in [1.82, 2.24) is 24.8 Å². The summed E-state index contributed by atoms with van der Waals surface area (Å²) in [7, 11) is 0. The summed E-state index contributed by atoms with van der Waals surface area (Å²) in [6.07, 6.45) is 0.209. The molecule has 5 N–H and O–H groups in total. The van der Waals surface area contributed by atoms with Gasteiger partial charge in [-0.25, -0.2) is 13.8 Å². The standard InChI is InChI=1S/C20H30BrF2N7O2/c1-2-3-8-32-20-28-16(25)15-17(29-20)30(19(21)27-15)7-5-4-6-26-18(31)11-9-12(22)14(24)13(23)10-11/h11-14H,2-10,24H2,1H3,(H,26,31)(H2,25,28,29). The van der Waals surface area contributed by atoms with Gasteiger partial charge in [-0.2, -0.15) is 9.97 Å². The summed E-state index contributed by atoms with van der Waals surface area (Å²) in [5.41, 5.74) is 12.5. The number of imidazole rings is 1. The van der Waals surface area contributed by atoms with Crippen LogP contribution in [0.5, 0.6) is 6.01 Å². The van der Waals surface area contributed by atoms with Crippen LogP contribution >= 0.6 is 15.9 Å². The highest BCUT2D eigenvalue weighted by Gasteiger charge is 2.38. The van der Waals surface area contributed by atoms with Crippen LogP contribution in [-0.2, 0) is 11.3 Å². The SMILES string of the molecule is CCCCOc1nc(N)c2nc(Br)n(CCCCNC(=O)C3CC(F)C(N)C(F)C3)c2n1. The quantitative estimate of drug-likeness (QED) is 0.325. The van der Waals surface area contributed by atoms with E-state index in [9.17, 15) is 13.6 Å². The van der Waals surface area contributed by atoms with E-state index < -0.39 is 24.3 Å². The fraction of sp³-hybridized carbons (Fsp3) is 0.700. The monoisotopic (exact) mass is 517 g/mol. The molecule has 0 spiro atoms. The van der Waals surface area contributed by atoms with Crippen LogP contribution in [0.15, 0.2) is 4.73 Å². The van der Waals surface area contributed by atoms with Crippen molar-refractivity contribution in [1.29, 1.82) is 0 Å². The van der Waals surface area contributed by atoms with Crippen molar-refractivity contribution in [3.8, 4) is 6.01 Å². The average molecular weight is 518 g/mol. The van der Waals surface area contributed by atoms with Crippen molar-refractivity contribution in [2.75, 3.05) is 18.9 Å². The first kappa shape index (κ1) is 24.6. The van der Waals surface area contributed by atoms with Gasteiger partial charge in [-0.05, 0) is 48.0 Å². The second kappa shape index (κ2) is 11.2. The number of hydrogen-bond acceptors (Lipinski definition) is 7. The van der Waals surface area contributed by atoms with Crippen molar-refractivity contribution in [3.63, 3.8) is 0 Å². The van der Waals surface area contributed by atoms with Crippen LogP contribution in [0.2, 0.25) is 0 Å². The molecule has 0 aromatic carbocycles. The number of halogens is 3. The Morgan fingerprint density at radius 3 is 2.62 bits per heavy atom. The third-order valence-corrected chi connectivity index (χ3v) is 6.22. The van der Waals surface area contributed by atoms with E-state index in [0.29, 0.717) is 48.4 Å². The Balaban J connectivity index is 1.51. The fourth-order valence-electron chi connectivity index (χ4n) is 3.69. The smallest absolute Gasteiger partial charge is 0.320 e. The normalized spacial score (nSPS) is 23.4. The molecule has 178 valence electrons. The number of carbonyl (C=O) groups excluding carboxylic acids is 1. The summed E-state index contributed by atoms with van der Waals surface area (Å²) < 4.78 is 35.5. The zero-order valence-corrected chi connectivity index (χ0v) is 19.7. The molecule has 3 rings (SSSR count). The number of amides is 1. The molecule has 1 aliphatic rings. The number of nitrogens with two attached hydrogens (primary N) is 2. The van der Waals surface area contributed by atoms with Crippen LogP contribution in [0.1, 0.15) is 45.4 Å². The maximum atomic E-state index is 13.8. The molecule has 0 radical (unpaired) electrons. The van der Waals surface area contributed by atoms with Gasteiger partial charge in [0, 0.05) is 19.0 Å². The summed E-state index contributed by atoms with van der Waals surface area (Å²) in [6, 6.07) is -0.924. The Bertz CT molecular complexity index is 917. The van der Waals surface area contributed by atoms with Gasteiger partial charge >= 0.3 is 6.01 Å². The first-order valence-electron chi connectivity index (χ1n) is 10.9. The first-order valence-corrected chi connectivity index (χ1v) is 11.7. The molecule has 9 nitrogen and oxygen atoms in total. The molecule has 2 atom stereocenters. The van der Waals surface area contributed by atoms with Gasteiger partial charge in [0.1, 0.15) is 12.3 Å². The summed E-state index contributed by atoms with van der Waals surface area (Å²) in [6.45, 7) is 3.56. The van der Waals surface area contributed by atoms with E-state index in [-0.39, 0.29) is 30.6 Å². The summed E-state index contributed by atoms with van der Waals surface area (Å²) in [5, 5.41) is 2.77. The number of nitrogens with one attached hydrogen (secondary N) is 1. The van der Waals surface area contributed by atoms with Gasteiger partial charge in [0.15, 0.2) is 21.7 Å². The number of unbranched alkanes of at least 4 members (excludes halogenated alkanes) is 2. The Labute approximate surface area is 193 Å². The molecule has 1 aliphatic carbocycles. The van der Waals surface area contributed by atoms with Crippen molar-refractivity contribution in [2.24, 2.45) is 11.7 Å². The third-order valence-electron chi connectivity index (χ3n) is 5.62. The molecule has 1 saturated carbocycles. The number of rotatable bonds is 10. The van der Waals surface area contributed by atoms with Gasteiger partial charge in [-0.1, -0.05) is 13.3 Å². The summed E-state index contributed by atoms with van der Waals surface area (Å²) in [5.74, 6) is -0.763. The molecule has 2 heterocycles. The number of alkyl halides is 2. The van der Waals surface area contributed by atoms with Gasteiger partial charge < -0.3 is 26.1 Å². The molecule has 2 aromatic heterocycles. The Morgan fingerprint density at radius 2 is 1.94 bits per heavy atom.